The van der Waals surface area contributed by atoms with Gasteiger partial charge in [0, 0.05) is 24.2 Å². The van der Waals surface area contributed by atoms with Crippen molar-refractivity contribution in [3.05, 3.63) is 41.2 Å². The fraction of sp³-hybridized carbons (Fsp3) is 0.312. The zero-order chi connectivity index (χ0) is 15.2. The second-order valence-electron chi connectivity index (χ2n) is 4.66. The third-order valence-electron chi connectivity index (χ3n) is 3.11. The fourth-order valence-electron chi connectivity index (χ4n) is 1.99. The van der Waals surface area contributed by atoms with E-state index >= 15 is 0 Å². The lowest BCUT2D eigenvalue weighted by Crippen LogP contribution is -2.09. The molecule has 2 rings (SSSR count). The molecule has 0 aliphatic rings. The second-order valence-corrected chi connectivity index (χ2v) is 4.66. The van der Waals surface area contributed by atoms with Gasteiger partial charge in [-0.1, -0.05) is 13.0 Å². The number of benzene rings is 1. The van der Waals surface area contributed by atoms with Crippen LogP contribution in [0.3, 0.4) is 0 Å². The van der Waals surface area contributed by atoms with Gasteiger partial charge in [0.15, 0.2) is 0 Å². The molecule has 1 heterocycles. The van der Waals surface area contributed by atoms with E-state index in [1.807, 2.05) is 32.9 Å². The average molecular weight is 281 g/mol. The number of nitrogens with zero attached hydrogens (tertiary/aromatic N) is 3. The largest absolute Gasteiger partial charge is 0.370 e. The Morgan fingerprint density at radius 1 is 1.19 bits per heavy atom. The summed E-state index contributed by atoms with van der Waals surface area (Å²) < 4.78 is 0. The normalized spacial score (nSPS) is 10.0. The highest BCUT2D eigenvalue weighted by Crippen LogP contribution is 2.24. The van der Waals surface area contributed by atoms with Crippen molar-refractivity contribution in [3.8, 4) is 6.07 Å². The van der Waals surface area contributed by atoms with Crippen LogP contribution in [0.25, 0.3) is 0 Å². The fourth-order valence-corrected chi connectivity index (χ4v) is 1.99. The number of anilines is 3. The maximum absolute atomic E-state index is 8.97. The Labute approximate surface area is 125 Å². The molecule has 0 saturated heterocycles. The molecule has 1 aromatic heterocycles. The van der Waals surface area contributed by atoms with Gasteiger partial charge in [-0.15, -0.1) is 0 Å². The number of nitrogens with one attached hydrogen (secondary N) is 2. The molecule has 5 heteroatoms. The van der Waals surface area contributed by atoms with Gasteiger partial charge in [0.05, 0.1) is 11.6 Å². The first-order valence-electron chi connectivity index (χ1n) is 7.06. The maximum atomic E-state index is 8.97. The van der Waals surface area contributed by atoms with Crippen molar-refractivity contribution in [1.82, 2.24) is 9.97 Å². The van der Waals surface area contributed by atoms with Crippen LogP contribution in [0, 0.1) is 18.3 Å². The van der Waals surface area contributed by atoms with Gasteiger partial charge in [-0.3, -0.25) is 0 Å². The van der Waals surface area contributed by atoms with Gasteiger partial charge < -0.3 is 10.6 Å². The van der Waals surface area contributed by atoms with Crippen LogP contribution in [0.2, 0.25) is 0 Å². The summed E-state index contributed by atoms with van der Waals surface area (Å²) in [6, 6.07) is 9.49. The third kappa shape index (κ3) is 3.48. The first-order chi connectivity index (χ1) is 10.2. The first-order valence-corrected chi connectivity index (χ1v) is 7.06. The van der Waals surface area contributed by atoms with Crippen LogP contribution in [-0.2, 0) is 6.42 Å². The molecule has 1 aromatic carbocycles. The Kier molecular flexibility index (Phi) is 4.72. The van der Waals surface area contributed by atoms with E-state index in [-0.39, 0.29) is 0 Å². The zero-order valence-electron chi connectivity index (χ0n) is 12.6. The topological polar surface area (TPSA) is 73.6 Å². The van der Waals surface area contributed by atoms with Crippen molar-refractivity contribution in [2.75, 3.05) is 17.2 Å². The van der Waals surface area contributed by atoms with Gasteiger partial charge in [-0.05, 0) is 32.0 Å². The Hall–Kier alpha value is -2.61. The lowest BCUT2D eigenvalue weighted by Gasteiger charge is -2.14. The van der Waals surface area contributed by atoms with Crippen molar-refractivity contribution in [3.63, 3.8) is 0 Å². The van der Waals surface area contributed by atoms with Gasteiger partial charge in [0.1, 0.15) is 17.5 Å². The lowest BCUT2D eigenvalue weighted by atomic mass is 10.2. The monoisotopic (exact) mass is 281 g/mol. The third-order valence-corrected chi connectivity index (χ3v) is 3.11. The molecular weight excluding hydrogens is 262 g/mol. The molecule has 0 unspecified atom stereocenters. The van der Waals surface area contributed by atoms with Crippen molar-refractivity contribution >= 4 is 17.3 Å². The van der Waals surface area contributed by atoms with Gasteiger partial charge >= 0.3 is 0 Å². The molecule has 0 spiro atoms. The van der Waals surface area contributed by atoms with E-state index in [1.54, 1.807) is 12.1 Å². The molecule has 0 amide bonds. The minimum absolute atomic E-state index is 0.620. The quantitative estimate of drug-likeness (QED) is 0.878. The van der Waals surface area contributed by atoms with Gasteiger partial charge in [0.2, 0.25) is 0 Å². The Bertz CT molecular complexity index is 673. The van der Waals surface area contributed by atoms with Crippen molar-refractivity contribution < 1.29 is 0 Å². The Morgan fingerprint density at radius 3 is 2.62 bits per heavy atom. The van der Waals surface area contributed by atoms with Crippen molar-refractivity contribution in [2.45, 2.75) is 27.2 Å². The molecule has 5 nitrogen and oxygen atoms in total. The molecule has 0 bridgehead atoms. The van der Waals surface area contributed by atoms with Crippen LogP contribution in [0.5, 0.6) is 0 Å². The van der Waals surface area contributed by atoms with E-state index < -0.39 is 0 Å². The van der Waals surface area contributed by atoms with E-state index in [4.69, 9.17) is 5.26 Å². The summed E-state index contributed by atoms with van der Waals surface area (Å²) in [4.78, 5) is 9.04. The highest BCUT2D eigenvalue weighted by atomic mass is 15.1. The maximum Gasteiger partial charge on any atom is 0.139 e. The molecule has 2 N–H and O–H groups in total. The standard InChI is InChI=1S/C16H19N5/c1-4-14-20-15(18-5-2)11(3)16(21-14)19-13-8-6-7-12(9-13)10-17/h6-9H,4-5H2,1-3H3,(H2,18,19,20,21). The highest BCUT2D eigenvalue weighted by molar-refractivity contribution is 5.65. The van der Waals surface area contributed by atoms with Crippen LogP contribution < -0.4 is 10.6 Å². The summed E-state index contributed by atoms with van der Waals surface area (Å²) in [6.45, 7) is 6.86. The Balaban J connectivity index is 2.38. The number of aromatic nitrogens is 2. The summed E-state index contributed by atoms with van der Waals surface area (Å²) >= 11 is 0. The number of hydrogen-bond donors (Lipinski definition) is 2. The van der Waals surface area contributed by atoms with E-state index in [2.05, 4.69) is 26.7 Å². The van der Waals surface area contributed by atoms with Gasteiger partial charge in [0.25, 0.3) is 0 Å². The second kappa shape index (κ2) is 6.71. The minimum Gasteiger partial charge on any atom is -0.370 e. The van der Waals surface area contributed by atoms with E-state index in [0.717, 1.165) is 41.7 Å². The summed E-state index contributed by atoms with van der Waals surface area (Å²) in [5.41, 5.74) is 2.44. The highest BCUT2D eigenvalue weighted by Gasteiger charge is 2.10. The smallest absolute Gasteiger partial charge is 0.139 e. The van der Waals surface area contributed by atoms with Crippen LogP contribution in [-0.4, -0.2) is 16.5 Å². The SMILES string of the molecule is CCNc1nc(CC)nc(Nc2cccc(C#N)c2)c1C. The molecule has 0 saturated carbocycles. The summed E-state index contributed by atoms with van der Waals surface area (Å²) in [5, 5.41) is 15.5. The van der Waals surface area contributed by atoms with E-state index in [0.29, 0.717) is 5.56 Å². The van der Waals surface area contributed by atoms with Crippen LogP contribution in [0.4, 0.5) is 17.3 Å². The van der Waals surface area contributed by atoms with Crippen molar-refractivity contribution in [1.29, 1.82) is 5.26 Å². The number of hydrogen-bond acceptors (Lipinski definition) is 5. The molecule has 21 heavy (non-hydrogen) atoms. The van der Waals surface area contributed by atoms with Crippen LogP contribution >= 0.6 is 0 Å². The molecule has 0 radical (unpaired) electrons. The van der Waals surface area contributed by atoms with Gasteiger partial charge in [-0.2, -0.15) is 5.26 Å². The molecule has 0 aliphatic carbocycles. The molecule has 108 valence electrons. The Morgan fingerprint density at radius 2 is 1.95 bits per heavy atom. The molecule has 2 aromatic rings. The zero-order valence-corrected chi connectivity index (χ0v) is 12.6. The molecule has 0 atom stereocenters. The van der Waals surface area contributed by atoms with Crippen LogP contribution in [0.15, 0.2) is 24.3 Å². The van der Waals surface area contributed by atoms with E-state index in [9.17, 15) is 0 Å². The predicted molar refractivity (Wildman–Crippen MR) is 84.8 cm³/mol. The predicted octanol–water partition coefficient (Wildman–Crippen LogP) is 3.39. The summed E-state index contributed by atoms with van der Waals surface area (Å²) in [6.07, 6.45) is 0.769. The average Bonchev–Trinajstić information content (AvgIpc) is 2.51. The van der Waals surface area contributed by atoms with Crippen molar-refractivity contribution in [2.24, 2.45) is 0 Å². The lowest BCUT2D eigenvalue weighted by molar-refractivity contribution is 0.930. The molecule has 0 aliphatic heterocycles. The summed E-state index contributed by atoms with van der Waals surface area (Å²) in [5.74, 6) is 2.41. The van der Waals surface area contributed by atoms with E-state index in [1.165, 1.54) is 0 Å². The number of nitriles is 1. The van der Waals surface area contributed by atoms with Gasteiger partial charge in [-0.25, -0.2) is 9.97 Å². The first kappa shape index (κ1) is 14.8. The minimum atomic E-state index is 0.620. The summed E-state index contributed by atoms with van der Waals surface area (Å²) in [7, 11) is 0. The number of rotatable bonds is 5. The molecular formula is C16H19N5. The molecule has 0 fully saturated rings. The van der Waals surface area contributed by atoms with Crippen LogP contribution in [0.1, 0.15) is 30.8 Å². The number of aryl methyl sites for hydroxylation is 1.